The highest BCUT2D eigenvalue weighted by atomic mass is 16.5. The van der Waals surface area contributed by atoms with Gasteiger partial charge in [0.25, 0.3) is 0 Å². The molecule has 1 aromatic rings. The van der Waals surface area contributed by atoms with Crippen LogP contribution in [0.3, 0.4) is 0 Å². The van der Waals surface area contributed by atoms with Gasteiger partial charge in [-0.15, -0.1) is 0 Å². The molecule has 1 aliphatic carbocycles. The minimum Gasteiger partial charge on any atom is -0.496 e. The number of nitrogens with zero attached hydrogens (tertiary/aromatic N) is 1. The molecule has 0 saturated carbocycles. The number of nitrogens with two attached hydrogens (primary N) is 1. The SMILES string of the molecule is COc1cc(C#N)c(OC)c2c1CCC(N)C2. The van der Waals surface area contributed by atoms with Crippen LogP contribution in [0.15, 0.2) is 6.07 Å². The fraction of sp³-hybridized carbons (Fsp3) is 0.462. The summed E-state index contributed by atoms with van der Waals surface area (Å²) in [6, 6.07) is 4.02. The maximum Gasteiger partial charge on any atom is 0.140 e. The number of nitriles is 1. The van der Waals surface area contributed by atoms with Crippen LogP contribution in [0.25, 0.3) is 0 Å². The average molecular weight is 232 g/mol. The van der Waals surface area contributed by atoms with Gasteiger partial charge in [-0.3, -0.25) is 0 Å². The Balaban J connectivity index is 2.64. The quantitative estimate of drug-likeness (QED) is 0.836. The smallest absolute Gasteiger partial charge is 0.140 e. The highest BCUT2D eigenvalue weighted by Crippen LogP contribution is 2.38. The number of methoxy groups -OCH3 is 2. The summed E-state index contributed by atoms with van der Waals surface area (Å²) in [5.41, 5.74) is 8.65. The van der Waals surface area contributed by atoms with Crippen LogP contribution in [-0.4, -0.2) is 20.3 Å². The molecule has 0 fully saturated rings. The fourth-order valence-electron chi connectivity index (χ4n) is 2.41. The monoisotopic (exact) mass is 232 g/mol. The Kier molecular flexibility index (Phi) is 3.21. The van der Waals surface area contributed by atoms with Gasteiger partial charge in [0.05, 0.1) is 19.8 Å². The molecular weight excluding hydrogens is 216 g/mol. The molecule has 1 unspecified atom stereocenters. The van der Waals surface area contributed by atoms with E-state index in [2.05, 4.69) is 6.07 Å². The summed E-state index contributed by atoms with van der Waals surface area (Å²) in [6.07, 6.45) is 2.56. The second kappa shape index (κ2) is 4.64. The first-order chi connectivity index (χ1) is 8.21. The van der Waals surface area contributed by atoms with E-state index in [4.69, 9.17) is 20.5 Å². The number of hydrogen-bond acceptors (Lipinski definition) is 4. The van der Waals surface area contributed by atoms with Crippen molar-refractivity contribution in [2.45, 2.75) is 25.3 Å². The lowest BCUT2D eigenvalue weighted by molar-refractivity contribution is 0.384. The summed E-state index contributed by atoms with van der Waals surface area (Å²) in [5.74, 6) is 1.42. The van der Waals surface area contributed by atoms with Crippen molar-refractivity contribution in [3.63, 3.8) is 0 Å². The van der Waals surface area contributed by atoms with Crippen molar-refractivity contribution in [2.75, 3.05) is 14.2 Å². The standard InChI is InChI=1S/C13H16N2O2/c1-16-12-5-8(7-14)13(17-2)11-6-9(15)3-4-10(11)12/h5,9H,3-4,6,15H2,1-2H3. The molecule has 0 bridgehead atoms. The summed E-state index contributed by atoms with van der Waals surface area (Å²) in [4.78, 5) is 0. The molecule has 0 aliphatic heterocycles. The van der Waals surface area contributed by atoms with Crippen LogP contribution in [0.5, 0.6) is 11.5 Å². The molecule has 2 N–H and O–H groups in total. The van der Waals surface area contributed by atoms with E-state index in [-0.39, 0.29) is 6.04 Å². The lowest BCUT2D eigenvalue weighted by Crippen LogP contribution is -2.28. The average Bonchev–Trinajstić information content (AvgIpc) is 2.36. The Labute approximate surface area is 101 Å². The van der Waals surface area contributed by atoms with Crippen LogP contribution in [0.1, 0.15) is 23.1 Å². The van der Waals surface area contributed by atoms with Crippen LogP contribution >= 0.6 is 0 Å². The third-order valence-electron chi connectivity index (χ3n) is 3.23. The number of hydrogen-bond donors (Lipinski definition) is 1. The predicted molar refractivity (Wildman–Crippen MR) is 64.3 cm³/mol. The van der Waals surface area contributed by atoms with Crippen molar-refractivity contribution < 1.29 is 9.47 Å². The van der Waals surface area contributed by atoms with E-state index >= 15 is 0 Å². The molecule has 1 atom stereocenters. The van der Waals surface area contributed by atoms with E-state index in [9.17, 15) is 0 Å². The Hall–Kier alpha value is -1.73. The van der Waals surface area contributed by atoms with Gasteiger partial charge in [-0.25, -0.2) is 0 Å². The van der Waals surface area contributed by atoms with Crippen molar-refractivity contribution in [1.29, 1.82) is 5.26 Å². The van der Waals surface area contributed by atoms with E-state index in [0.717, 1.165) is 36.1 Å². The van der Waals surface area contributed by atoms with Crippen molar-refractivity contribution in [2.24, 2.45) is 5.73 Å². The molecule has 2 rings (SSSR count). The summed E-state index contributed by atoms with van der Waals surface area (Å²) in [7, 11) is 3.21. The first kappa shape index (κ1) is 11.7. The fourth-order valence-corrected chi connectivity index (χ4v) is 2.41. The van der Waals surface area contributed by atoms with Gasteiger partial charge in [0.2, 0.25) is 0 Å². The van der Waals surface area contributed by atoms with Crippen molar-refractivity contribution >= 4 is 0 Å². The van der Waals surface area contributed by atoms with Gasteiger partial charge in [0, 0.05) is 23.2 Å². The van der Waals surface area contributed by atoms with Crippen LogP contribution in [0.4, 0.5) is 0 Å². The molecule has 90 valence electrons. The first-order valence-electron chi connectivity index (χ1n) is 5.63. The van der Waals surface area contributed by atoms with Gasteiger partial charge in [-0.05, 0) is 19.3 Å². The van der Waals surface area contributed by atoms with Gasteiger partial charge < -0.3 is 15.2 Å². The summed E-state index contributed by atoms with van der Waals surface area (Å²) in [6.45, 7) is 0. The Morgan fingerprint density at radius 2 is 2.12 bits per heavy atom. The van der Waals surface area contributed by atoms with E-state index in [1.54, 1.807) is 20.3 Å². The zero-order chi connectivity index (χ0) is 12.4. The Morgan fingerprint density at radius 3 is 2.71 bits per heavy atom. The second-order valence-electron chi connectivity index (χ2n) is 4.23. The van der Waals surface area contributed by atoms with Crippen molar-refractivity contribution in [3.8, 4) is 17.6 Å². The van der Waals surface area contributed by atoms with Gasteiger partial charge in [0.1, 0.15) is 17.6 Å². The van der Waals surface area contributed by atoms with Gasteiger partial charge in [-0.1, -0.05) is 0 Å². The molecule has 1 aromatic carbocycles. The number of rotatable bonds is 2. The molecular formula is C13H16N2O2. The van der Waals surface area contributed by atoms with E-state index in [0.29, 0.717) is 11.3 Å². The minimum absolute atomic E-state index is 0.134. The molecule has 0 radical (unpaired) electrons. The molecule has 0 spiro atoms. The third-order valence-corrected chi connectivity index (χ3v) is 3.23. The molecule has 0 aromatic heterocycles. The van der Waals surface area contributed by atoms with Crippen molar-refractivity contribution in [1.82, 2.24) is 0 Å². The normalized spacial score (nSPS) is 18.1. The van der Waals surface area contributed by atoms with Gasteiger partial charge in [-0.2, -0.15) is 5.26 Å². The lowest BCUT2D eigenvalue weighted by Gasteiger charge is -2.25. The molecule has 17 heavy (non-hydrogen) atoms. The minimum atomic E-state index is 0.134. The first-order valence-corrected chi connectivity index (χ1v) is 5.63. The summed E-state index contributed by atoms with van der Waals surface area (Å²) in [5, 5.41) is 9.12. The molecule has 1 aliphatic rings. The molecule has 0 heterocycles. The topological polar surface area (TPSA) is 68.3 Å². The second-order valence-corrected chi connectivity index (χ2v) is 4.23. The van der Waals surface area contributed by atoms with E-state index < -0.39 is 0 Å². The maximum atomic E-state index is 9.12. The van der Waals surface area contributed by atoms with E-state index in [1.165, 1.54) is 0 Å². The van der Waals surface area contributed by atoms with E-state index in [1.807, 2.05) is 0 Å². The Bertz CT molecular complexity index is 477. The summed E-state index contributed by atoms with van der Waals surface area (Å²) < 4.78 is 10.7. The predicted octanol–water partition coefficient (Wildman–Crippen LogP) is 1.39. The maximum absolute atomic E-state index is 9.12. The van der Waals surface area contributed by atoms with Gasteiger partial charge >= 0.3 is 0 Å². The number of fused-ring (bicyclic) bond motifs is 1. The molecule has 0 amide bonds. The third kappa shape index (κ3) is 1.94. The molecule has 4 nitrogen and oxygen atoms in total. The molecule has 0 saturated heterocycles. The van der Waals surface area contributed by atoms with Gasteiger partial charge in [0.15, 0.2) is 0 Å². The van der Waals surface area contributed by atoms with Crippen LogP contribution < -0.4 is 15.2 Å². The van der Waals surface area contributed by atoms with Crippen LogP contribution in [0, 0.1) is 11.3 Å². The van der Waals surface area contributed by atoms with Crippen molar-refractivity contribution in [3.05, 3.63) is 22.8 Å². The zero-order valence-electron chi connectivity index (χ0n) is 10.1. The highest BCUT2D eigenvalue weighted by molar-refractivity contribution is 5.59. The Morgan fingerprint density at radius 1 is 1.35 bits per heavy atom. The van der Waals surface area contributed by atoms with Crippen LogP contribution in [0.2, 0.25) is 0 Å². The lowest BCUT2D eigenvalue weighted by atomic mass is 9.86. The number of benzene rings is 1. The zero-order valence-corrected chi connectivity index (χ0v) is 10.1. The highest BCUT2D eigenvalue weighted by Gasteiger charge is 2.25. The largest absolute Gasteiger partial charge is 0.496 e. The number of ether oxygens (including phenoxy) is 2. The summed E-state index contributed by atoms with van der Waals surface area (Å²) >= 11 is 0. The molecule has 4 heteroatoms. The van der Waals surface area contributed by atoms with Crippen LogP contribution in [-0.2, 0) is 12.8 Å².